The summed E-state index contributed by atoms with van der Waals surface area (Å²) < 4.78 is 0. The van der Waals surface area contributed by atoms with Gasteiger partial charge in [0.05, 0.1) is 17.7 Å². The van der Waals surface area contributed by atoms with Crippen LogP contribution in [0.3, 0.4) is 0 Å². The fraction of sp³-hybridized carbons (Fsp3) is 0.462. The molecule has 1 saturated heterocycles. The van der Waals surface area contributed by atoms with Gasteiger partial charge in [-0.2, -0.15) is 0 Å². The number of aliphatic hydroxyl groups is 1. The van der Waals surface area contributed by atoms with E-state index >= 15 is 0 Å². The van der Waals surface area contributed by atoms with Gasteiger partial charge in [0.1, 0.15) is 0 Å². The molecule has 4 nitrogen and oxygen atoms in total. The number of carboxylic acid groups (broad SMARTS) is 1. The molecule has 92 valence electrons. The van der Waals surface area contributed by atoms with Crippen LogP contribution in [0.15, 0.2) is 24.3 Å². The highest BCUT2D eigenvalue weighted by molar-refractivity contribution is 5.87. The van der Waals surface area contributed by atoms with E-state index in [0.29, 0.717) is 0 Å². The van der Waals surface area contributed by atoms with E-state index in [1.807, 2.05) is 13.0 Å². The molecule has 2 rings (SSSR count). The van der Waals surface area contributed by atoms with Gasteiger partial charge in [0.15, 0.2) is 0 Å². The zero-order chi connectivity index (χ0) is 12.4. The van der Waals surface area contributed by atoms with Crippen molar-refractivity contribution in [2.45, 2.75) is 25.5 Å². The van der Waals surface area contributed by atoms with Crippen molar-refractivity contribution < 1.29 is 15.0 Å². The second kappa shape index (κ2) is 4.85. The summed E-state index contributed by atoms with van der Waals surface area (Å²) in [5.41, 5.74) is 1.16. The van der Waals surface area contributed by atoms with Crippen molar-refractivity contribution in [2.75, 3.05) is 13.1 Å². The largest absolute Gasteiger partial charge is 0.478 e. The molecule has 0 spiro atoms. The Kier molecular flexibility index (Phi) is 3.45. The molecule has 0 aliphatic carbocycles. The maximum absolute atomic E-state index is 10.9. The number of likely N-dealkylation sites (tertiary alicyclic amines) is 1. The Balaban J connectivity index is 2.32. The second-order valence-electron chi connectivity index (χ2n) is 4.36. The van der Waals surface area contributed by atoms with Crippen molar-refractivity contribution in [1.29, 1.82) is 0 Å². The Morgan fingerprint density at radius 3 is 2.94 bits per heavy atom. The lowest BCUT2D eigenvalue weighted by Crippen LogP contribution is -2.27. The minimum atomic E-state index is -0.928. The first-order valence-corrected chi connectivity index (χ1v) is 5.89. The van der Waals surface area contributed by atoms with E-state index in [-0.39, 0.29) is 11.6 Å². The van der Waals surface area contributed by atoms with Crippen molar-refractivity contribution in [1.82, 2.24) is 4.90 Å². The highest BCUT2D eigenvalue weighted by Gasteiger charge is 2.33. The molecule has 2 unspecified atom stereocenters. The highest BCUT2D eigenvalue weighted by atomic mass is 16.4. The number of carboxylic acids is 1. The molecule has 1 fully saturated rings. The summed E-state index contributed by atoms with van der Waals surface area (Å²) in [5, 5.41) is 18.9. The van der Waals surface area contributed by atoms with Crippen molar-refractivity contribution in [3.8, 4) is 0 Å². The van der Waals surface area contributed by atoms with Crippen LogP contribution in [0.2, 0.25) is 0 Å². The third kappa shape index (κ3) is 2.33. The van der Waals surface area contributed by atoms with Crippen LogP contribution in [0, 0.1) is 0 Å². The number of benzene rings is 1. The van der Waals surface area contributed by atoms with E-state index in [0.717, 1.165) is 25.1 Å². The van der Waals surface area contributed by atoms with Crippen molar-refractivity contribution in [3.63, 3.8) is 0 Å². The first kappa shape index (κ1) is 12.1. The molecule has 1 aliphatic heterocycles. The summed E-state index contributed by atoms with van der Waals surface area (Å²) in [6.45, 7) is 3.77. The van der Waals surface area contributed by atoms with Crippen LogP contribution in [0.25, 0.3) is 0 Å². The van der Waals surface area contributed by atoms with Gasteiger partial charge in [0.2, 0.25) is 0 Å². The van der Waals surface area contributed by atoms with Crippen LogP contribution in [0.5, 0.6) is 0 Å². The van der Waals surface area contributed by atoms with Gasteiger partial charge in [-0.3, -0.25) is 4.90 Å². The van der Waals surface area contributed by atoms with Gasteiger partial charge >= 0.3 is 5.97 Å². The van der Waals surface area contributed by atoms with Crippen LogP contribution < -0.4 is 0 Å². The van der Waals surface area contributed by atoms with E-state index < -0.39 is 12.1 Å². The summed E-state index contributed by atoms with van der Waals surface area (Å²) in [7, 11) is 0. The molecule has 1 aromatic rings. The molecule has 0 radical (unpaired) electrons. The van der Waals surface area contributed by atoms with Crippen molar-refractivity contribution in [3.05, 3.63) is 35.4 Å². The van der Waals surface area contributed by atoms with Gasteiger partial charge in [0.25, 0.3) is 0 Å². The fourth-order valence-electron chi connectivity index (χ4n) is 2.48. The van der Waals surface area contributed by atoms with Crippen LogP contribution in [0.4, 0.5) is 0 Å². The third-order valence-electron chi connectivity index (χ3n) is 3.35. The standard InChI is InChI=1S/C13H17NO3/c1-2-14-7-6-11(15)12(14)9-4-3-5-10(8-9)13(16)17/h3-5,8,11-12,15H,2,6-7H2,1H3,(H,16,17). The zero-order valence-corrected chi connectivity index (χ0v) is 9.84. The quantitative estimate of drug-likeness (QED) is 0.833. The molecule has 17 heavy (non-hydrogen) atoms. The van der Waals surface area contributed by atoms with E-state index in [4.69, 9.17) is 5.11 Å². The zero-order valence-electron chi connectivity index (χ0n) is 9.84. The molecule has 0 aromatic heterocycles. The molecule has 0 saturated carbocycles. The van der Waals surface area contributed by atoms with Crippen LogP contribution in [-0.2, 0) is 0 Å². The maximum Gasteiger partial charge on any atom is 0.335 e. The van der Waals surface area contributed by atoms with Gasteiger partial charge < -0.3 is 10.2 Å². The first-order chi connectivity index (χ1) is 8.13. The number of likely N-dealkylation sites (N-methyl/N-ethyl adjacent to an activating group) is 1. The molecule has 1 heterocycles. The molecule has 1 aromatic carbocycles. The Hall–Kier alpha value is -1.39. The normalized spacial score (nSPS) is 25.1. The summed E-state index contributed by atoms with van der Waals surface area (Å²) in [6, 6.07) is 6.78. The summed E-state index contributed by atoms with van der Waals surface area (Å²) in [6.07, 6.45) is 0.342. The van der Waals surface area contributed by atoms with E-state index in [2.05, 4.69) is 4.90 Å². The second-order valence-corrected chi connectivity index (χ2v) is 4.36. The molecule has 2 atom stereocenters. The lowest BCUT2D eigenvalue weighted by Gasteiger charge is -2.25. The van der Waals surface area contributed by atoms with Crippen molar-refractivity contribution >= 4 is 5.97 Å². The minimum absolute atomic E-state index is 0.0701. The lowest BCUT2D eigenvalue weighted by molar-refractivity contribution is 0.0695. The summed E-state index contributed by atoms with van der Waals surface area (Å²) in [4.78, 5) is 13.1. The van der Waals surface area contributed by atoms with Crippen LogP contribution in [-0.4, -0.2) is 40.3 Å². The predicted octanol–water partition coefficient (Wildman–Crippen LogP) is 1.51. The number of hydrogen-bond donors (Lipinski definition) is 2. The SMILES string of the molecule is CCN1CCC(O)C1c1cccc(C(=O)O)c1. The number of aromatic carboxylic acids is 1. The molecule has 0 bridgehead atoms. The molecular weight excluding hydrogens is 218 g/mol. The molecular formula is C13H17NO3. The Labute approximate surface area is 100 Å². The number of rotatable bonds is 3. The summed E-state index contributed by atoms with van der Waals surface area (Å²) >= 11 is 0. The van der Waals surface area contributed by atoms with E-state index in [1.165, 1.54) is 0 Å². The molecule has 2 N–H and O–H groups in total. The Morgan fingerprint density at radius 1 is 1.53 bits per heavy atom. The van der Waals surface area contributed by atoms with E-state index in [9.17, 15) is 9.90 Å². The van der Waals surface area contributed by atoms with Crippen LogP contribution >= 0.6 is 0 Å². The third-order valence-corrected chi connectivity index (χ3v) is 3.35. The average molecular weight is 235 g/mol. The Bertz CT molecular complexity index is 419. The molecule has 0 amide bonds. The van der Waals surface area contributed by atoms with Gasteiger partial charge in [-0.15, -0.1) is 0 Å². The van der Waals surface area contributed by atoms with Gasteiger partial charge in [0, 0.05) is 6.54 Å². The minimum Gasteiger partial charge on any atom is -0.478 e. The van der Waals surface area contributed by atoms with E-state index in [1.54, 1.807) is 18.2 Å². The van der Waals surface area contributed by atoms with Gasteiger partial charge in [-0.25, -0.2) is 4.79 Å². The lowest BCUT2D eigenvalue weighted by atomic mass is 10.00. The average Bonchev–Trinajstić information content (AvgIpc) is 2.70. The monoisotopic (exact) mass is 235 g/mol. The maximum atomic E-state index is 10.9. The number of nitrogens with zero attached hydrogens (tertiary/aromatic N) is 1. The Morgan fingerprint density at radius 2 is 2.29 bits per heavy atom. The van der Waals surface area contributed by atoms with Gasteiger partial charge in [-0.05, 0) is 30.7 Å². The number of hydrogen-bond acceptors (Lipinski definition) is 3. The number of aliphatic hydroxyl groups excluding tert-OH is 1. The fourth-order valence-corrected chi connectivity index (χ4v) is 2.48. The van der Waals surface area contributed by atoms with Gasteiger partial charge in [-0.1, -0.05) is 19.1 Å². The summed E-state index contributed by atoms with van der Waals surface area (Å²) in [5.74, 6) is -0.928. The molecule has 4 heteroatoms. The molecule has 1 aliphatic rings. The van der Waals surface area contributed by atoms with Crippen LogP contribution in [0.1, 0.15) is 35.3 Å². The number of carbonyl (C=O) groups is 1. The first-order valence-electron chi connectivity index (χ1n) is 5.89. The van der Waals surface area contributed by atoms with Crippen molar-refractivity contribution in [2.24, 2.45) is 0 Å². The topological polar surface area (TPSA) is 60.8 Å². The predicted molar refractivity (Wildman–Crippen MR) is 64.0 cm³/mol. The highest BCUT2D eigenvalue weighted by Crippen LogP contribution is 2.32. The smallest absolute Gasteiger partial charge is 0.335 e.